The zero-order valence-electron chi connectivity index (χ0n) is 15.7. The number of hydrogen-bond donors (Lipinski definition) is 1. The van der Waals surface area contributed by atoms with Gasteiger partial charge in [-0.15, -0.1) is 0 Å². The molecule has 3 aromatic carbocycles. The third-order valence-electron chi connectivity index (χ3n) is 4.38. The molecule has 150 valence electrons. The maximum Gasteiger partial charge on any atom is 0.264 e. The van der Waals surface area contributed by atoms with Crippen LogP contribution in [0.2, 0.25) is 5.02 Å². The lowest BCUT2D eigenvalue weighted by atomic mass is 10.2. The number of carbonyl (C=O) groups excluding carboxylic acids is 1. The molecule has 0 radical (unpaired) electrons. The molecule has 0 saturated heterocycles. The van der Waals surface area contributed by atoms with Crippen LogP contribution in [0.25, 0.3) is 0 Å². The molecule has 0 bridgehead atoms. The lowest BCUT2D eigenvalue weighted by Gasteiger charge is -2.20. The summed E-state index contributed by atoms with van der Waals surface area (Å²) in [6.45, 7) is 1.84. The Kier molecular flexibility index (Phi) is 5.91. The first-order valence-corrected chi connectivity index (χ1v) is 10.4. The molecule has 1 amide bonds. The maximum atomic E-state index is 14.0. The van der Waals surface area contributed by atoms with Crippen LogP contribution in [0.5, 0.6) is 0 Å². The number of amides is 1. The molecule has 0 saturated carbocycles. The third-order valence-corrected chi connectivity index (χ3v) is 6.55. The zero-order chi connectivity index (χ0) is 21.2. The van der Waals surface area contributed by atoms with Crippen molar-refractivity contribution in [1.82, 2.24) is 0 Å². The normalized spacial score (nSPS) is 11.2. The van der Waals surface area contributed by atoms with Gasteiger partial charge < -0.3 is 5.32 Å². The van der Waals surface area contributed by atoms with Crippen molar-refractivity contribution in [3.05, 3.63) is 88.7 Å². The lowest BCUT2D eigenvalue weighted by Crippen LogP contribution is -2.27. The summed E-state index contributed by atoms with van der Waals surface area (Å²) < 4.78 is 40.7. The summed E-state index contributed by atoms with van der Waals surface area (Å²) in [6, 6.07) is 16.2. The number of sulfonamides is 1. The van der Waals surface area contributed by atoms with Crippen molar-refractivity contribution in [2.24, 2.45) is 0 Å². The molecule has 3 rings (SSSR count). The zero-order valence-corrected chi connectivity index (χ0v) is 17.3. The van der Waals surface area contributed by atoms with Gasteiger partial charge in [0.15, 0.2) is 0 Å². The third kappa shape index (κ3) is 4.41. The van der Waals surface area contributed by atoms with E-state index in [1.165, 1.54) is 49.5 Å². The van der Waals surface area contributed by atoms with Crippen LogP contribution in [0.1, 0.15) is 15.9 Å². The van der Waals surface area contributed by atoms with E-state index in [0.717, 1.165) is 9.87 Å². The van der Waals surface area contributed by atoms with Gasteiger partial charge in [0.25, 0.3) is 15.9 Å². The molecular weight excluding hydrogens is 415 g/mol. The summed E-state index contributed by atoms with van der Waals surface area (Å²) >= 11 is 6.07. The van der Waals surface area contributed by atoms with Crippen LogP contribution < -0.4 is 9.62 Å². The molecule has 5 nitrogen and oxygen atoms in total. The second-order valence-electron chi connectivity index (χ2n) is 6.37. The molecule has 3 aromatic rings. The molecule has 0 aliphatic carbocycles. The summed E-state index contributed by atoms with van der Waals surface area (Å²) in [4.78, 5) is 12.4. The quantitative estimate of drug-likeness (QED) is 0.625. The van der Waals surface area contributed by atoms with Gasteiger partial charge in [0.2, 0.25) is 0 Å². The Balaban J connectivity index is 1.89. The van der Waals surface area contributed by atoms with E-state index < -0.39 is 21.7 Å². The van der Waals surface area contributed by atoms with E-state index in [1.54, 1.807) is 24.3 Å². The van der Waals surface area contributed by atoms with Gasteiger partial charge in [0.05, 0.1) is 10.6 Å². The van der Waals surface area contributed by atoms with Crippen molar-refractivity contribution in [2.75, 3.05) is 16.7 Å². The van der Waals surface area contributed by atoms with E-state index >= 15 is 0 Å². The van der Waals surface area contributed by atoms with Crippen LogP contribution in [0.4, 0.5) is 15.8 Å². The largest absolute Gasteiger partial charge is 0.322 e. The minimum absolute atomic E-state index is 0.0864. The summed E-state index contributed by atoms with van der Waals surface area (Å²) in [7, 11) is -2.80. The highest BCUT2D eigenvalue weighted by Crippen LogP contribution is 2.25. The summed E-state index contributed by atoms with van der Waals surface area (Å²) in [5, 5.41) is 3.19. The number of anilines is 2. The van der Waals surface area contributed by atoms with Gasteiger partial charge in [-0.1, -0.05) is 35.9 Å². The van der Waals surface area contributed by atoms with Gasteiger partial charge in [-0.05, 0) is 55.0 Å². The lowest BCUT2D eigenvalue weighted by molar-refractivity contribution is 0.102. The smallest absolute Gasteiger partial charge is 0.264 e. The molecule has 0 spiro atoms. The van der Waals surface area contributed by atoms with E-state index in [4.69, 9.17) is 11.6 Å². The molecule has 0 aliphatic rings. The van der Waals surface area contributed by atoms with Crippen LogP contribution in [0.3, 0.4) is 0 Å². The van der Waals surface area contributed by atoms with E-state index in [0.29, 0.717) is 10.7 Å². The van der Waals surface area contributed by atoms with Gasteiger partial charge in [0, 0.05) is 23.3 Å². The highest BCUT2D eigenvalue weighted by molar-refractivity contribution is 7.92. The van der Waals surface area contributed by atoms with Crippen LogP contribution in [-0.4, -0.2) is 21.4 Å². The average molecular weight is 433 g/mol. The molecule has 0 unspecified atom stereocenters. The van der Waals surface area contributed by atoms with Gasteiger partial charge >= 0.3 is 0 Å². The standard InChI is InChI=1S/C21H18ClFN2O3S/c1-14-10-11-16(13-18(14)22)24-21(26)15-6-5-7-17(12-15)29(27,28)25(2)20-9-4-3-8-19(20)23/h3-13H,1-2H3,(H,24,26). The van der Waals surface area contributed by atoms with Crippen molar-refractivity contribution in [3.8, 4) is 0 Å². The predicted octanol–water partition coefficient (Wildman–Crippen LogP) is 4.86. The number of nitrogens with one attached hydrogen (secondary N) is 1. The number of benzene rings is 3. The fourth-order valence-electron chi connectivity index (χ4n) is 2.67. The topological polar surface area (TPSA) is 66.5 Å². The Morgan fingerprint density at radius 2 is 1.76 bits per heavy atom. The monoisotopic (exact) mass is 432 g/mol. The Bertz CT molecular complexity index is 1180. The number of halogens is 2. The minimum Gasteiger partial charge on any atom is -0.322 e. The summed E-state index contributed by atoms with van der Waals surface area (Å²) in [5.74, 6) is -1.15. The Labute approximate surface area is 173 Å². The van der Waals surface area contributed by atoms with E-state index in [-0.39, 0.29) is 16.1 Å². The molecule has 0 fully saturated rings. The fraction of sp³-hybridized carbons (Fsp3) is 0.0952. The predicted molar refractivity (Wildman–Crippen MR) is 113 cm³/mol. The first-order chi connectivity index (χ1) is 13.7. The molecule has 0 aliphatic heterocycles. The number of aryl methyl sites for hydroxylation is 1. The van der Waals surface area contributed by atoms with Gasteiger partial charge in [-0.25, -0.2) is 12.8 Å². The maximum absolute atomic E-state index is 14.0. The van der Waals surface area contributed by atoms with Crippen molar-refractivity contribution in [3.63, 3.8) is 0 Å². The first kappa shape index (κ1) is 20.8. The Morgan fingerprint density at radius 3 is 2.45 bits per heavy atom. The summed E-state index contributed by atoms with van der Waals surface area (Å²) in [6.07, 6.45) is 0. The number of para-hydroxylation sites is 1. The van der Waals surface area contributed by atoms with Crippen molar-refractivity contribution in [2.45, 2.75) is 11.8 Å². The number of nitrogens with zero attached hydrogens (tertiary/aromatic N) is 1. The highest BCUT2D eigenvalue weighted by Gasteiger charge is 2.24. The van der Waals surface area contributed by atoms with Crippen LogP contribution in [-0.2, 0) is 10.0 Å². The number of carbonyl (C=O) groups is 1. The van der Waals surface area contributed by atoms with Crippen molar-refractivity contribution >= 4 is 38.9 Å². The van der Waals surface area contributed by atoms with Gasteiger partial charge in [0.1, 0.15) is 5.82 Å². The van der Waals surface area contributed by atoms with Crippen LogP contribution in [0.15, 0.2) is 71.6 Å². The van der Waals surface area contributed by atoms with Crippen molar-refractivity contribution in [1.29, 1.82) is 0 Å². The second kappa shape index (κ2) is 8.23. The minimum atomic E-state index is -4.06. The van der Waals surface area contributed by atoms with Crippen molar-refractivity contribution < 1.29 is 17.6 Å². The first-order valence-electron chi connectivity index (χ1n) is 8.61. The van der Waals surface area contributed by atoms with Gasteiger partial charge in [-0.3, -0.25) is 9.10 Å². The second-order valence-corrected chi connectivity index (χ2v) is 8.75. The summed E-state index contributed by atoms with van der Waals surface area (Å²) in [5.41, 5.74) is 1.41. The Morgan fingerprint density at radius 1 is 1.03 bits per heavy atom. The molecule has 0 heterocycles. The van der Waals surface area contributed by atoms with E-state index in [1.807, 2.05) is 6.92 Å². The van der Waals surface area contributed by atoms with Crippen LogP contribution >= 0.6 is 11.6 Å². The number of rotatable bonds is 5. The molecule has 1 N–H and O–H groups in total. The SMILES string of the molecule is Cc1ccc(NC(=O)c2cccc(S(=O)(=O)N(C)c3ccccc3F)c2)cc1Cl. The fourth-order valence-corrected chi connectivity index (χ4v) is 4.10. The molecule has 29 heavy (non-hydrogen) atoms. The number of hydrogen-bond acceptors (Lipinski definition) is 3. The average Bonchev–Trinajstić information content (AvgIpc) is 2.70. The molecular formula is C21H18ClFN2O3S. The Hall–Kier alpha value is -2.90. The van der Waals surface area contributed by atoms with Crippen LogP contribution in [0, 0.1) is 12.7 Å². The highest BCUT2D eigenvalue weighted by atomic mass is 35.5. The molecule has 0 atom stereocenters. The van der Waals surface area contributed by atoms with E-state index in [9.17, 15) is 17.6 Å². The molecule has 0 aromatic heterocycles. The van der Waals surface area contributed by atoms with Gasteiger partial charge in [-0.2, -0.15) is 0 Å². The van der Waals surface area contributed by atoms with E-state index in [2.05, 4.69) is 5.32 Å². The molecule has 8 heteroatoms.